The first-order valence-electron chi connectivity index (χ1n) is 5.68. The summed E-state index contributed by atoms with van der Waals surface area (Å²) in [7, 11) is 0. The van der Waals surface area contributed by atoms with Crippen molar-refractivity contribution in [2.45, 2.75) is 13.8 Å². The Morgan fingerprint density at radius 1 is 1.33 bits per heavy atom. The number of allylic oxidation sites excluding steroid dienone is 1. The van der Waals surface area contributed by atoms with Crippen molar-refractivity contribution in [3.05, 3.63) is 40.9 Å². The smallest absolute Gasteiger partial charge is 0.0456 e. The van der Waals surface area contributed by atoms with Crippen molar-refractivity contribution in [3.8, 4) is 0 Å². The summed E-state index contributed by atoms with van der Waals surface area (Å²) in [6, 6.07) is 7.12. The number of carboxylic acid groups (broad SMARTS) is 1. The molecule has 0 spiro atoms. The van der Waals surface area contributed by atoms with Gasteiger partial charge in [-0.3, -0.25) is 0 Å². The van der Waals surface area contributed by atoms with Crippen LogP contribution in [0.3, 0.4) is 0 Å². The molecule has 4 heteroatoms. The van der Waals surface area contributed by atoms with E-state index in [-0.39, 0.29) is 11.3 Å². The second-order valence-corrected chi connectivity index (χ2v) is 6.01. The standard InChI is InChI=1S/C14H14Cl2O2/c1-14(2)10(12(14)13(17)18)7-11(16)8-3-5-9(15)6-4-8/h3-7,10,12H,1-2H3,(H,17,18)/p-1/b11-7+/t10-,12+/m0/s1. The highest BCUT2D eigenvalue weighted by Gasteiger charge is 2.57. The lowest BCUT2D eigenvalue weighted by Gasteiger charge is -2.01. The summed E-state index contributed by atoms with van der Waals surface area (Å²) in [6.07, 6.45) is 1.80. The Labute approximate surface area is 116 Å². The number of carbonyl (C=O) groups is 1. The van der Waals surface area contributed by atoms with Crippen LogP contribution in [0, 0.1) is 17.3 Å². The van der Waals surface area contributed by atoms with Gasteiger partial charge in [-0.05, 0) is 29.0 Å². The fraction of sp³-hybridized carbons (Fsp3) is 0.357. The number of hydrogen-bond donors (Lipinski definition) is 0. The number of rotatable bonds is 3. The van der Waals surface area contributed by atoms with Crippen LogP contribution in [-0.4, -0.2) is 5.97 Å². The molecule has 2 nitrogen and oxygen atoms in total. The van der Waals surface area contributed by atoms with Crippen LogP contribution in [0.5, 0.6) is 0 Å². The molecule has 18 heavy (non-hydrogen) atoms. The molecule has 1 aliphatic rings. The minimum absolute atomic E-state index is 0.0781. The van der Waals surface area contributed by atoms with E-state index in [9.17, 15) is 9.90 Å². The number of carboxylic acids is 1. The monoisotopic (exact) mass is 283 g/mol. The van der Waals surface area contributed by atoms with Gasteiger partial charge in [-0.1, -0.05) is 55.3 Å². The fourth-order valence-corrected chi connectivity index (χ4v) is 2.69. The van der Waals surface area contributed by atoms with E-state index in [1.807, 2.05) is 26.0 Å². The highest BCUT2D eigenvalue weighted by Crippen LogP contribution is 2.59. The Bertz CT molecular complexity index is 503. The molecule has 0 radical (unpaired) electrons. The van der Waals surface area contributed by atoms with Crippen molar-refractivity contribution in [3.63, 3.8) is 0 Å². The van der Waals surface area contributed by atoms with Crippen molar-refractivity contribution >= 4 is 34.2 Å². The van der Waals surface area contributed by atoms with Gasteiger partial charge in [0.2, 0.25) is 0 Å². The predicted molar refractivity (Wildman–Crippen MR) is 71.1 cm³/mol. The average Bonchev–Trinajstić information content (AvgIpc) is 2.81. The van der Waals surface area contributed by atoms with Crippen molar-refractivity contribution in [1.29, 1.82) is 0 Å². The molecule has 0 saturated heterocycles. The molecule has 0 aromatic heterocycles. The molecule has 2 atom stereocenters. The lowest BCUT2D eigenvalue weighted by atomic mass is 10.1. The number of hydrogen-bond acceptors (Lipinski definition) is 2. The van der Waals surface area contributed by atoms with E-state index in [0.29, 0.717) is 10.1 Å². The summed E-state index contributed by atoms with van der Waals surface area (Å²) in [5.41, 5.74) is 0.548. The van der Waals surface area contributed by atoms with E-state index < -0.39 is 11.9 Å². The fourth-order valence-electron chi connectivity index (χ4n) is 2.30. The van der Waals surface area contributed by atoms with Crippen LogP contribution in [0.15, 0.2) is 30.3 Å². The van der Waals surface area contributed by atoms with Crippen molar-refractivity contribution < 1.29 is 9.90 Å². The molecule has 1 aromatic carbocycles. The van der Waals surface area contributed by atoms with Crippen LogP contribution in [-0.2, 0) is 4.79 Å². The first-order chi connectivity index (χ1) is 8.34. The maximum Gasteiger partial charge on any atom is 0.0456 e. The maximum absolute atomic E-state index is 10.9. The van der Waals surface area contributed by atoms with Gasteiger partial charge in [0.15, 0.2) is 0 Å². The van der Waals surface area contributed by atoms with Crippen LogP contribution < -0.4 is 5.11 Å². The van der Waals surface area contributed by atoms with Crippen LogP contribution in [0.2, 0.25) is 5.02 Å². The molecule has 0 amide bonds. The lowest BCUT2D eigenvalue weighted by Crippen LogP contribution is -2.26. The minimum atomic E-state index is -1.01. The quantitative estimate of drug-likeness (QED) is 0.856. The van der Waals surface area contributed by atoms with E-state index in [0.717, 1.165) is 5.56 Å². The van der Waals surface area contributed by atoms with Crippen LogP contribution >= 0.6 is 23.2 Å². The average molecular weight is 284 g/mol. The van der Waals surface area contributed by atoms with Crippen molar-refractivity contribution in [2.24, 2.45) is 17.3 Å². The Morgan fingerprint density at radius 2 is 1.89 bits per heavy atom. The highest BCUT2D eigenvalue weighted by atomic mass is 35.5. The molecule has 2 rings (SSSR count). The maximum atomic E-state index is 10.9. The van der Waals surface area contributed by atoms with Gasteiger partial charge < -0.3 is 9.90 Å². The summed E-state index contributed by atoms with van der Waals surface area (Å²) in [4.78, 5) is 10.9. The normalized spacial score (nSPS) is 25.9. The van der Waals surface area contributed by atoms with Gasteiger partial charge in [-0.15, -0.1) is 0 Å². The summed E-state index contributed by atoms with van der Waals surface area (Å²) in [5.74, 6) is -1.55. The predicted octanol–water partition coefficient (Wildman–Crippen LogP) is 2.94. The summed E-state index contributed by atoms with van der Waals surface area (Å²) in [6.45, 7) is 3.81. The zero-order valence-electron chi connectivity index (χ0n) is 10.1. The Balaban J connectivity index is 2.20. The molecule has 0 aliphatic heterocycles. The molecule has 1 aromatic rings. The molecule has 0 N–H and O–H groups in total. The molecule has 96 valence electrons. The zero-order chi connectivity index (χ0) is 13.5. The minimum Gasteiger partial charge on any atom is -0.550 e. The van der Waals surface area contributed by atoms with Gasteiger partial charge in [0.1, 0.15) is 0 Å². The van der Waals surface area contributed by atoms with Crippen molar-refractivity contribution in [2.75, 3.05) is 0 Å². The molecule has 0 heterocycles. The third-order valence-electron chi connectivity index (χ3n) is 3.61. The number of halogens is 2. The molecule has 0 bridgehead atoms. The molecule has 1 aliphatic carbocycles. The van der Waals surface area contributed by atoms with Crippen molar-refractivity contribution in [1.82, 2.24) is 0 Å². The molecule has 1 fully saturated rings. The van der Waals surface area contributed by atoms with E-state index in [2.05, 4.69) is 0 Å². The topological polar surface area (TPSA) is 40.1 Å². The Morgan fingerprint density at radius 3 is 2.33 bits per heavy atom. The Hall–Kier alpha value is -0.990. The van der Waals surface area contributed by atoms with Gasteiger partial charge in [0.25, 0.3) is 0 Å². The Kier molecular flexibility index (Phi) is 3.43. The van der Waals surface area contributed by atoms with E-state index in [1.54, 1.807) is 18.2 Å². The molecular weight excluding hydrogens is 271 g/mol. The second kappa shape index (κ2) is 4.60. The summed E-state index contributed by atoms with van der Waals surface area (Å²) >= 11 is 12.0. The van der Waals surface area contributed by atoms with Gasteiger partial charge >= 0.3 is 0 Å². The molecule has 0 unspecified atom stereocenters. The third kappa shape index (κ3) is 2.40. The van der Waals surface area contributed by atoms with Gasteiger partial charge in [-0.2, -0.15) is 0 Å². The first kappa shape index (κ1) is 13.4. The third-order valence-corrected chi connectivity index (χ3v) is 4.21. The summed E-state index contributed by atoms with van der Waals surface area (Å²) < 4.78 is 0. The van der Waals surface area contributed by atoms with E-state index in [1.165, 1.54) is 0 Å². The SMILES string of the molecule is CC1(C)[C@@H](/C=C(/Cl)c2ccc(Cl)cc2)[C@@H]1C(=O)[O-]. The molecule has 1 saturated carbocycles. The van der Waals surface area contributed by atoms with Crippen LogP contribution in [0.4, 0.5) is 0 Å². The van der Waals surface area contributed by atoms with Gasteiger partial charge in [0, 0.05) is 21.9 Å². The van der Waals surface area contributed by atoms with E-state index in [4.69, 9.17) is 23.2 Å². The zero-order valence-corrected chi connectivity index (χ0v) is 11.6. The lowest BCUT2D eigenvalue weighted by molar-refractivity contribution is -0.308. The molecular formula is C14H13Cl2O2-. The van der Waals surface area contributed by atoms with Crippen LogP contribution in [0.1, 0.15) is 19.4 Å². The number of benzene rings is 1. The highest BCUT2D eigenvalue weighted by molar-refractivity contribution is 6.48. The number of aliphatic carboxylic acids is 1. The van der Waals surface area contributed by atoms with Gasteiger partial charge in [-0.25, -0.2) is 0 Å². The van der Waals surface area contributed by atoms with Crippen LogP contribution in [0.25, 0.3) is 5.03 Å². The second-order valence-electron chi connectivity index (χ2n) is 5.17. The van der Waals surface area contributed by atoms with E-state index >= 15 is 0 Å². The first-order valence-corrected chi connectivity index (χ1v) is 6.43. The number of carbonyl (C=O) groups excluding carboxylic acids is 1. The van der Waals surface area contributed by atoms with Gasteiger partial charge in [0.05, 0.1) is 0 Å². The largest absolute Gasteiger partial charge is 0.550 e. The summed E-state index contributed by atoms with van der Waals surface area (Å²) in [5, 5.41) is 12.1.